The normalized spacial score (nSPS) is 10.8. The van der Waals surface area contributed by atoms with Gasteiger partial charge in [0, 0.05) is 40.6 Å². The third-order valence-electron chi connectivity index (χ3n) is 3.38. The van der Waals surface area contributed by atoms with Crippen LogP contribution in [0.5, 0.6) is 0 Å². The smallest absolute Gasteiger partial charge is 0.0422 e. The predicted molar refractivity (Wildman–Crippen MR) is 87.4 cm³/mol. The Morgan fingerprint density at radius 2 is 2.15 bits per heavy atom. The van der Waals surface area contributed by atoms with Crippen molar-refractivity contribution in [1.82, 2.24) is 4.98 Å². The molecule has 0 aliphatic carbocycles. The molecule has 3 rings (SSSR count). The Morgan fingerprint density at radius 1 is 1.25 bits per heavy atom. The lowest BCUT2D eigenvalue weighted by molar-refractivity contribution is 1.03. The third kappa shape index (κ3) is 2.60. The fourth-order valence-electron chi connectivity index (χ4n) is 2.30. The number of nitrogens with zero attached hydrogens (tertiary/aromatic N) is 1. The molecule has 0 aliphatic rings. The number of anilines is 2. The zero-order valence-corrected chi connectivity index (χ0v) is 12.2. The second-order valence-corrected chi connectivity index (χ2v) is 5.66. The van der Waals surface area contributed by atoms with Gasteiger partial charge in [-0.1, -0.05) is 0 Å². The van der Waals surface area contributed by atoms with Crippen molar-refractivity contribution >= 4 is 33.5 Å². The first kappa shape index (κ1) is 12.9. The number of nitrogens with two attached hydrogens (primary N) is 1. The molecule has 0 radical (unpaired) electrons. The summed E-state index contributed by atoms with van der Waals surface area (Å²) in [5, 5.41) is 9.96. The van der Waals surface area contributed by atoms with E-state index >= 15 is 0 Å². The average molecular weight is 283 g/mol. The van der Waals surface area contributed by atoms with Crippen LogP contribution in [0.1, 0.15) is 11.3 Å². The fourth-order valence-corrected chi connectivity index (χ4v) is 3.00. The first-order valence-electron chi connectivity index (χ1n) is 6.64. The molecule has 0 unspecified atom stereocenters. The molecular weight excluding hydrogens is 266 g/mol. The van der Waals surface area contributed by atoms with Gasteiger partial charge in [0.25, 0.3) is 0 Å². The highest BCUT2D eigenvalue weighted by atomic mass is 32.1. The fraction of sp³-hybridized carbons (Fsp3) is 0.188. The lowest BCUT2D eigenvalue weighted by Gasteiger charge is -2.11. The van der Waals surface area contributed by atoms with Crippen LogP contribution in [0.15, 0.2) is 41.2 Å². The zero-order chi connectivity index (χ0) is 13.9. The summed E-state index contributed by atoms with van der Waals surface area (Å²) in [6.07, 6.45) is 2.88. The maximum atomic E-state index is 6.01. The lowest BCUT2D eigenvalue weighted by Crippen LogP contribution is -2.05. The van der Waals surface area contributed by atoms with Gasteiger partial charge in [0.05, 0.1) is 0 Å². The molecule has 0 saturated carbocycles. The molecule has 0 atom stereocenters. The van der Waals surface area contributed by atoms with Gasteiger partial charge in [-0.2, -0.15) is 11.3 Å². The van der Waals surface area contributed by atoms with E-state index in [4.69, 9.17) is 5.73 Å². The Labute approximate surface area is 122 Å². The monoisotopic (exact) mass is 283 g/mol. The number of rotatable bonds is 4. The van der Waals surface area contributed by atoms with Crippen molar-refractivity contribution in [2.75, 3.05) is 17.6 Å². The summed E-state index contributed by atoms with van der Waals surface area (Å²) in [4.78, 5) is 4.32. The highest BCUT2D eigenvalue weighted by Crippen LogP contribution is 2.28. The molecule has 3 aromatic rings. The Balaban J connectivity index is 1.84. The molecule has 102 valence electrons. The zero-order valence-electron chi connectivity index (χ0n) is 11.4. The van der Waals surface area contributed by atoms with E-state index in [1.54, 1.807) is 11.3 Å². The second-order valence-electron chi connectivity index (χ2n) is 4.88. The summed E-state index contributed by atoms with van der Waals surface area (Å²) in [5.41, 5.74) is 10.3. The number of thiophene rings is 1. The molecule has 2 aromatic heterocycles. The maximum Gasteiger partial charge on any atom is 0.0422 e. The van der Waals surface area contributed by atoms with E-state index in [1.165, 1.54) is 5.56 Å². The van der Waals surface area contributed by atoms with E-state index in [2.05, 4.69) is 33.2 Å². The molecule has 1 aromatic carbocycles. The van der Waals surface area contributed by atoms with E-state index in [1.807, 2.05) is 25.3 Å². The van der Waals surface area contributed by atoms with Crippen molar-refractivity contribution in [3.05, 3.63) is 52.5 Å². The van der Waals surface area contributed by atoms with Crippen LogP contribution in [-0.2, 0) is 6.42 Å². The van der Waals surface area contributed by atoms with Gasteiger partial charge in [0.15, 0.2) is 0 Å². The summed E-state index contributed by atoms with van der Waals surface area (Å²) in [5.74, 6) is 0. The van der Waals surface area contributed by atoms with E-state index in [0.29, 0.717) is 0 Å². The van der Waals surface area contributed by atoms with Crippen LogP contribution in [0.4, 0.5) is 11.4 Å². The molecule has 0 spiro atoms. The van der Waals surface area contributed by atoms with Crippen LogP contribution in [0.3, 0.4) is 0 Å². The van der Waals surface area contributed by atoms with Gasteiger partial charge in [-0.05, 0) is 53.9 Å². The molecule has 20 heavy (non-hydrogen) atoms. The van der Waals surface area contributed by atoms with Crippen molar-refractivity contribution in [2.24, 2.45) is 0 Å². The van der Waals surface area contributed by atoms with Gasteiger partial charge < -0.3 is 11.1 Å². The van der Waals surface area contributed by atoms with E-state index in [-0.39, 0.29) is 0 Å². The number of aromatic nitrogens is 1. The van der Waals surface area contributed by atoms with Crippen molar-refractivity contribution in [3.63, 3.8) is 0 Å². The first-order valence-corrected chi connectivity index (χ1v) is 7.58. The van der Waals surface area contributed by atoms with E-state index in [0.717, 1.165) is 40.8 Å². The predicted octanol–water partition coefficient (Wildman–Crippen LogP) is 3.84. The molecule has 3 nitrogen and oxygen atoms in total. The van der Waals surface area contributed by atoms with Crippen molar-refractivity contribution in [3.8, 4) is 0 Å². The van der Waals surface area contributed by atoms with Crippen LogP contribution >= 0.6 is 11.3 Å². The first-order chi connectivity index (χ1) is 9.74. The number of pyridine rings is 1. The summed E-state index contributed by atoms with van der Waals surface area (Å²) < 4.78 is 0. The largest absolute Gasteiger partial charge is 0.398 e. The minimum Gasteiger partial charge on any atom is -0.398 e. The minimum absolute atomic E-state index is 0.774. The number of nitrogens with one attached hydrogen (secondary N) is 1. The highest BCUT2D eigenvalue weighted by Gasteiger charge is 2.05. The summed E-state index contributed by atoms with van der Waals surface area (Å²) >= 11 is 1.74. The highest BCUT2D eigenvalue weighted by molar-refractivity contribution is 7.07. The summed E-state index contributed by atoms with van der Waals surface area (Å²) in [6, 6.07) is 8.23. The van der Waals surface area contributed by atoms with Gasteiger partial charge in [0.2, 0.25) is 0 Å². The summed E-state index contributed by atoms with van der Waals surface area (Å²) in [7, 11) is 0. The van der Waals surface area contributed by atoms with E-state index < -0.39 is 0 Å². The third-order valence-corrected chi connectivity index (χ3v) is 4.11. The topological polar surface area (TPSA) is 50.9 Å². The standard InChI is InChI=1S/C16H17N3S/c1-11-8-13-14(9-19-11)15(17)2-3-16(13)18-6-4-12-5-7-20-10-12/h2-3,5,7-10,18H,4,6,17H2,1H3. The maximum absolute atomic E-state index is 6.01. The van der Waals surface area contributed by atoms with E-state index in [9.17, 15) is 0 Å². The number of hydrogen-bond donors (Lipinski definition) is 2. The molecule has 0 amide bonds. The van der Waals surface area contributed by atoms with Gasteiger partial charge >= 0.3 is 0 Å². The molecule has 0 saturated heterocycles. The Hall–Kier alpha value is -2.07. The molecule has 4 heteroatoms. The molecule has 0 fully saturated rings. The second kappa shape index (κ2) is 5.51. The van der Waals surface area contributed by atoms with Gasteiger partial charge in [-0.25, -0.2) is 0 Å². The van der Waals surface area contributed by atoms with Crippen molar-refractivity contribution < 1.29 is 0 Å². The van der Waals surface area contributed by atoms with Crippen LogP contribution in [-0.4, -0.2) is 11.5 Å². The minimum atomic E-state index is 0.774. The molecule has 0 bridgehead atoms. The van der Waals surface area contributed by atoms with Crippen LogP contribution in [0.25, 0.3) is 10.8 Å². The SMILES string of the molecule is Cc1cc2c(NCCc3ccsc3)ccc(N)c2cn1. The quantitative estimate of drug-likeness (QED) is 0.715. The molecule has 0 aliphatic heterocycles. The number of nitrogen functional groups attached to an aromatic ring is 1. The number of hydrogen-bond acceptors (Lipinski definition) is 4. The van der Waals surface area contributed by atoms with Crippen molar-refractivity contribution in [1.29, 1.82) is 0 Å². The Morgan fingerprint density at radius 3 is 2.95 bits per heavy atom. The molecule has 2 heterocycles. The van der Waals surface area contributed by atoms with Crippen LogP contribution in [0.2, 0.25) is 0 Å². The van der Waals surface area contributed by atoms with Crippen LogP contribution < -0.4 is 11.1 Å². The van der Waals surface area contributed by atoms with Gasteiger partial charge in [-0.3, -0.25) is 4.98 Å². The Bertz CT molecular complexity index is 720. The van der Waals surface area contributed by atoms with Crippen molar-refractivity contribution in [2.45, 2.75) is 13.3 Å². The van der Waals surface area contributed by atoms with Crippen LogP contribution in [0, 0.1) is 6.92 Å². The lowest BCUT2D eigenvalue weighted by atomic mass is 10.1. The number of benzene rings is 1. The Kier molecular flexibility index (Phi) is 3.56. The molecular formula is C16H17N3S. The van der Waals surface area contributed by atoms with Gasteiger partial charge in [-0.15, -0.1) is 0 Å². The average Bonchev–Trinajstić information content (AvgIpc) is 2.94. The number of fused-ring (bicyclic) bond motifs is 1. The molecule has 3 N–H and O–H groups in total. The number of aryl methyl sites for hydroxylation is 1. The van der Waals surface area contributed by atoms with Gasteiger partial charge in [0.1, 0.15) is 0 Å². The summed E-state index contributed by atoms with van der Waals surface area (Å²) in [6.45, 7) is 2.91.